The molecule has 0 unspecified atom stereocenters. The Labute approximate surface area is 208 Å². The molecule has 0 N–H and O–H groups in total. The van der Waals surface area contributed by atoms with E-state index in [1.54, 1.807) is 31.2 Å². The van der Waals surface area contributed by atoms with E-state index >= 15 is 0 Å². The van der Waals surface area contributed by atoms with Crippen LogP contribution >= 0.6 is 0 Å². The summed E-state index contributed by atoms with van der Waals surface area (Å²) in [5, 5.41) is 0. The molecule has 35 heavy (non-hydrogen) atoms. The van der Waals surface area contributed by atoms with Crippen LogP contribution in [0.5, 0.6) is 0 Å². The van der Waals surface area contributed by atoms with Crippen LogP contribution in [0, 0.1) is 25.8 Å². The Bertz CT molecular complexity index is 1290. The lowest BCUT2D eigenvalue weighted by atomic mass is 10.2. The average molecular weight is 519 g/mol. The normalized spacial score (nSPS) is 11.4. The van der Waals surface area contributed by atoms with E-state index < -0.39 is 26.0 Å². The molecule has 0 atom stereocenters. The van der Waals surface area contributed by atoms with Gasteiger partial charge in [0.05, 0.1) is 16.4 Å². The molecule has 188 valence electrons. The molecule has 0 fully saturated rings. The summed E-state index contributed by atoms with van der Waals surface area (Å²) < 4.78 is 59.4. The summed E-state index contributed by atoms with van der Waals surface area (Å²) in [6.07, 6.45) is 1.59. The van der Waals surface area contributed by atoms with E-state index in [1.807, 2.05) is 13.8 Å². The highest BCUT2D eigenvalue weighted by atomic mass is 32.2. The zero-order valence-corrected chi connectivity index (χ0v) is 21.7. The zero-order valence-electron chi connectivity index (χ0n) is 20.1. The molecule has 0 saturated carbocycles. The van der Waals surface area contributed by atoms with Crippen LogP contribution in [0.3, 0.4) is 0 Å². The quantitative estimate of drug-likeness (QED) is 0.196. The maximum absolute atomic E-state index is 13.2. The first-order valence-electron chi connectivity index (χ1n) is 11.0. The van der Waals surface area contributed by atoms with E-state index in [1.165, 1.54) is 34.6 Å². The van der Waals surface area contributed by atoms with Crippen LogP contribution < -0.4 is 0 Å². The third-order valence-corrected chi connectivity index (χ3v) is 8.53. The van der Waals surface area contributed by atoms with E-state index in [0.717, 1.165) is 15.4 Å². The van der Waals surface area contributed by atoms with Crippen molar-refractivity contribution in [1.29, 1.82) is 0 Å². The Hall–Kier alpha value is -3.13. The lowest BCUT2D eigenvalue weighted by Gasteiger charge is -2.23. The zero-order chi connectivity index (χ0) is 26.1. The van der Waals surface area contributed by atoms with Crippen molar-refractivity contribution in [2.45, 2.75) is 37.0 Å². The van der Waals surface area contributed by atoms with Crippen LogP contribution in [-0.4, -0.2) is 57.7 Å². The fraction of sp³-hybridized carbons (Fsp3) is 0.320. The largest absolute Gasteiger partial charge is 0.456 e. The smallest absolute Gasteiger partial charge is 0.386 e. The average Bonchev–Trinajstić information content (AvgIpc) is 2.81. The highest BCUT2D eigenvalue weighted by Crippen LogP contribution is 2.19. The summed E-state index contributed by atoms with van der Waals surface area (Å²) in [5.74, 6) is 1.33. The minimum atomic E-state index is -4.07. The van der Waals surface area contributed by atoms with Crippen LogP contribution in [0.4, 0.5) is 0 Å². The van der Waals surface area contributed by atoms with Crippen LogP contribution in [-0.2, 0) is 29.6 Å². The van der Waals surface area contributed by atoms with Gasteiger partial charge in [-0.1, -0.05) is 41.5 Å². The molecule has 0 aliphatic heterocycles. The summed E-state index contributed by atoms with van der Waals surface area (Å²) in [5.41, 5.74) is 1.81. The number of carbonyl (C=O) groups excluding carboxylic acids is 1. The maximum atomic E-state index is 13.2. The second kappa shape index (κ2) is 12.5. The Morgan fingerprint density at radius 3 is 1.91 bits per heavy atom. The summed E-state index contributed by atoms with van der Waals surface area (Å²) in [7, 11) is -7.89. The fourth-order valence-corrected chi connectivity index (χ4v) is 5.77. The number of benzene rings is 2. The molecule has 2 aromatic carbocycles. The third-order valence-electron chi connectivity index (χ3n) is 4.93. The lowest BCUT2D eigenvalue weighted by Crippen LogP contribution is -2.35. The van der Waals surface area contributed by atoms with Crippen molar-refractivity contribution in [2.24, 2.45) is 0 Å². The molecule has 8 nitrogen and oxygen atoms in total. The van der Waals surface area contributed by atoms with Crippen LogP contribution in [0.2, 0.25) is 0 Å². The van der Waals surface area contributed by atoms with Gasteiger partial charge in [-0.2, -0.15) is 4.31 Å². The van der Waals surface area contributed by atoms with Gasteiger partial charge in [-0.05, 0) is 51.5 Å². The van der Waals surface area contributed by atoms with Crippen molar-refractivity contribution in [3.05, 3.63) is 72.3 Å². The van der Waals surface area contributed by atoms with E-state index in [4.69, 9.17) is 4.74 Å². The molecule has 0 spiro atoms. The molecule has 0 aliphatic carbocycles. The molecule has 0 saturated heterocycles. The second-order valence-corrected chi connectivity index (χ2v) is 11.5. The van der Waals surface area contributed by atoms with Crippen molar-refractivity contribution in [2.75, 3.05) is 26.2 Å². The number of hydrogen-bond acceptors (Lipinski definition) is 6. The van der Waals surface area contributed by atoms with Gasteiger partial charge in [0, 0.05) is 31.6 Å². The standard InChI is InChI=1S/C25H30N2O6S2/c1-5-17-26(34(29,30)23-12-8-21(3)9-13-23)18-7-19-27(20-16-25(28)33-6-2)35(31,32)24-14-10-22(4)11-15-24/h5,8-15H,1,6-7,17-19H2,2-4H3. The third kappa shape index (κ3) is 7.68. The minimum Gasteiger partial charge on any atom is -0.456 e. The van der Waals surface area contributed by atoms with Gasteiger partial charge in [0.2, 0.25) is 10.0 Å². The predicted molar refractivity (Wildman–Crippen MR) is 134 cm³/mol. The van der Waals surface area contributed by atoms with Crippen molar-refractivity contribution in [3.63, 3.8) is 0 Å². The van der Waals surface area contributed by atoms with E-state index in [2.05, 4.69) is 18.5 Å². The molecule has 2 rings (SSSR count). The van der Waals surface area contributed by atoms with Crippen LogP contribution in [0.15, 0.2) is 71.0 Å². The van der Waals surface area contributed by atoms with Gasteiger partial charge in [0.1, 0.15) is 0 Å². The van der Waals surface area contributed by atoms with Gasteiger partial charge in [-0.3, -0.25) is 0 Å². The van der Waals surface area contributed by atoms with E-state index in [0.29, 0.717) is 0 Å². The van der Waals surface area contributed by atoms with Crippen molar-refractivity contribution < 1.29 is 26.4 Å². The fourth-order valence-electron chi connectivity index (χ4n) is 3.05. The summed E-state index contributed by atoms with van der Waals surface area (Å²) in [6.45, 7) is 8.97. The van der Waals surface area contributed by atoms with Gasteiger partial charge in [0.25, 0.3) is 10.0 Å². The highest BCUT2D eigenvalue weighted by molar-refractivity contribution is 7.89. The van der Waals surface area contributed by atoms with Crippen molar-refractivity contribution >= 4 is 26.0 Å². The molecule has 0 aliphatic rings. The number of esters is 1. The minimum absolute atomic E-state index is 0.0106. The number of ether oxygens (including phenoxy) is 1. The first-order valence-corrected chi connectivity index (χ1v) is 13.9. The highest BCUT2D eigenvalue weighted by Gasteiger charge is 2.26. The Balaban J connectivity index is 2.28. The van der Waals surface area contributed by atoms with Gasteiger partial charge in [0.15, 0.2) is 0 Å². The lowest BCUT2D eigenvalue weighted by molar-refractivity contribution is -0.136. The molecular weight excluding hydrogens is 488 g/mol. The molecule has 0 bridgehead atoms. The number of aryl methyl sites for hydroxylation is 2. The van der Waals surface area contributed by atoms with E-state index in [9.17, 15) is 21.6 Å². The van der Waals surface area contributed by atoms with Gasteiger partial charge < -0.3 is 4.74 Å². The SMILES string of the molecule is C=CCN(CCCN(C#CC(=O)OCC)S(=O)(=O)c1ccc(C)cc1)S(=O)(=O)c1ccc(C)cc1. The van der Waals surface area contributed by atoms with Gasteiger partial charge in [-0.15, -0.1) is 6.58 Å². The Morgan fingerprint density at radius 2 is 1.43 bits per heavy atom. The molecule has 2 aromatic rings. The summed E-state index contributed by atoms with van der Waals surface area (Å²) in [4.78, 5) is 11.9. The first kappa shape index (κ1) is 28.1. The number of sulfonamides is 2. The molecule has 0 amide bonds. The van der Waals surface area contributed by atoms with Gasteiger partial charge >= 0.3 is 5.97 Å². The van der Waals surface area contributed by atoms with Gasteiger partial charge in [-0.25, -0.2) is 25.9 Å². The van der Waals surface area contributed by atoms with Crippen LogP contribution in [0.1, 0.15) is 24.5 Å². The molecule has 10 heteroatoms. The van der Waals surface area contributed by atoms with Crippen molar-refractivity contribution in [1.82, 2.24) is 8.61 Å². The van der Waals surface area contributed by atoms with Crippen molar-refractivity contribution in [3.8, 4) is 12.0 Å². The first-order chi connectivity index (χ1) is 16.5. The van der Waals surface area contributed by atoms with E-state index in [-0.39, 0.29) is 42.5 Å². The number of rotatable bonds is 11. The second-order valence-electron chi connectivity index (χ2n) is 7.67. The predicted octanol–water partition coefficient (Wildman–Crippen LogP) is 3.09. The number of hydrogen-bond donors (Lipinski definition) is 0. The molecular formula is C25H30N2O6S2. The molecule has 0 radical (unpaired) electrons. The monoisotopic (exact) mass is 518 g/mol. The Kier molecular flexibility index (Phi) is 10.1. The number of carbonyl (C=O) groups is 1. The Morgan fingerprint density at radius 1 is 0.914 bits per heavy atom. The molecule has 0 aromatic heterocycles. The maximum Gasteiger partial charge on any atom is 0.386 e. The topological polar surface area (TPSA) is 101 Å². The van der Waals surface area contributed by atoms with Crippen LogP contribution in [0.25, 0.3) is 0 Å². The molecule has 0 heterocycles. The summed E-state index contributed by atoms with van der Waals surface area (Å²) in [6, 6.07) is 15.1. The summed E-state index contributed by atoms with van der Waals surface area (Å²) >= 11 is 0. The number of nitrogens with zero attached hydrogens (tertiary/aromatic N) is 2.